The molecule has 6 heteroatoms. The third kappa shape index (κ3) is 3.44. The van der Waals surface area contributed by atoms with E-state index < -0.39 is 0 Å². The summed E-state index contributed by atoms with van der Waals surface area (Å²) in [7, 11) is 4.07. The van der Waals surface area contributed by atoms with Crippen LogP contribution in [0.2, 0.25) is 0 Å². The zero-order valence-corrected chi connectivity index (χ0v) is 14.8. The summed E-state index contributed by atoms with van der Waals surface area (Å²) in [4.78, 5) is 21.5. The lowest BCUT2D eigenvalue weighted by Crippen LogP contribution is -2.31. The van der Waals surface area contributed by atoms with Gasteiger partial charge in [-0.25, -0.2) is 0 Å². The van der Waals surface area contributed by atoms with Crippen molar-refractivity contribution in [1.82, 2.24) is 19.9 Å². The highest BCUT2D eigenvalue weighted by atomic mass is 16.5. The van der Waals surface area contributed by atoms with Gasteiger partial charge >= 0.3 is 0 Å². The molecule has 2 aliphatic rings. The molecule has 1 unspecified atom stereocenters. The molecule has 2 aromatic rings. The van der Waals surface area contributed by atoms with Crippen LogP contribution in [0.5, 0.6) is 0 Å². The molecule has 1 saturated carbocycles. The summed E-state index contributed by atoms with van der Waals surface area (Å²) in [6.07, 6.45) is 4.14. The molecule has 1 atom stereocenters. The number of aromatic nitrogens is 2. The number of hydrogen-bond donors (Lipinski definition) is 0. The van der Waals surface area contributed by atoms with Crippen molar-refractivity contribution in [3.05, 3.63) is 47.1 Å². The van der Waals surface area contributed by atoms with E-state index in [-0.39, 0.29) is 11.9 Å². The van der Waals surface area contributed by atoms with Crippen LogP contribution in [0.3, 0.4) is 0 Å². The summed E-state index contributed by atoms with van der Waals surface area (Å²) in [5.74, 6) is 1.90. The summed E-state index contributed by atoms with van der Waals surface area (Å²) in [6, 6.07) is 7.82. The monoisotopic (exact) mass is 340 g/mol. The molecule has 25 heavy (non-hydrogen) atoms. The van der Waals surface area contributed by atoms with Crippen LogP contribution in [0.15, 0.2) is 28.8 Å². The Morgan fingerprint density at radius 2 is 2.00 bits per heavy atom. The Balaban J connectivity index is 1.49. The van der Waals surface area contributed by atoms with Crippen molar-refractivity contribution in [2.75, 3.05) is 20.6 Å². The van der Waals surface area contributed by atoms with E-state index in [2.05, 4.69) is 15.0 Å². The Morgan fingerprint density at radius 3 is 2.68 bits per heavy atom. The fourth-order valence-corrected chi connectivity index (χ4v) is 3.44. The quantitative estimate of drug-likeness (QED) is 0.837. The normalized spacial score (nSPS) is 20.4. The average Bonchev–Trinajstić information content (AvgIpc) is 3.13. The molecule has 132 valence electrons. The first-order chi connectivity index (χ1) is 12.1. The summed E-state index contributed by atoms with van der Waals surface area (Å²) >= 11 is 0. The molecule has 1 aliphatic carbocycles. The van der Waals surface area contributed by atoms with Gasteiger partial charge in [-0.3, -0.25) is 4.79 Å². The highest BCUT2D eigenvalue weighted by molar-refractivity contribution is 5.94. The number of nitrogens with zero attached hydrogens (tertiary/aromatic N) is 4. The molecular formula is C19H24N4O2. The van der Waals surface area contributed by atoms with Gasteiger partial charge in [-0.05, 0) is 57.5 Å². The first-order valence-corrected chi connectivity index (χ1v) is 9.00. The third-order valence-electron chi connectivity index (χ3n) is 4.90. The van der Waals surface area contributed by atoms with E-state index >= 15 is 0 Å². The van der Waals surface area contributed by atoms with Gasteiger partial charge in [0.2, 0.25) is 5.89 Å². The van der Waals surface area contributed by atoms with E-state index in [1.807, 2.05) is 43.3 Å². The molecule has 2 heterocycles. The van der Waals surface area contributed by atoms with E-state index in [4.69, 9.17) is 4.52 Å². The van der Waals surface area contributed by atoms with Gasteiger partial charge in [-0.15, -0.1) is 0 Å². The van der Waals surface area contributed by atoms with Crippen LogP contribution in [0, 0.1) is 0 Å². The van der Waals surface area contributed by atoms with Gasteiger partial charge in [-0.2, -0.15) is 4.98 Å². The van der Waals surface area contributed by atoms with E-state index in [1.165, 1.54) is 5.56 Å². The molecule has 2 fully saturated rings. The minimum Gasteiger partial charge on any atom is -0.339 e. The van der Waals surface area contributed by atoms with Crippen LogP contribution in [-0.2, 0) is 6.54 Å². The fraction of sp³-hybridized carbons (Fsp3) is 0.526. The molecule has 6 nitrogen and oxygen atoms in total. The van der Waals surface area contributed by atoms with E-state index in [0.717, 1.165) is 50.2 Å². The van der Waals surface area contributed by atoms with Crippen molar-refractivity contribution >= 4 is 5.91 Å². The number of likely N-dealkylation sites (tertiary alicyclic amines) is 1. The molecule has 0 radical (unpaired) electrons. The molecule has 0 bridgehead atoms. The Bertz CT molecular complexity index is 749. The van der Waals surface area contributed by atoms with Crippen LogP contribution >= 0.6 is 0 Å². The van der Waals surface area contributed by atoms with Crippen LogP contribution in [0.25, 0.3) is 0 Å². The number of amides is 1. The lowest BCUT2D eigenvalue weighted by atomic mass is 10.1. The van der Waals surface area contributed by atoms with E-state index in [9.17, 15) is 4.79 Å². The predicted molar refractivity (Wildman–Crippen MR) is 93.1 cm³/mol. The topological polar surface area (TPSA) is 62.5 Å². The Kier molecular flexibility index (Phi) is 4.29. The van der Waals surface area contributed by atoms with Crippen molar-refractivity contribution in [1.29, 1.82) is 0 Å². The molecule has 0 N–H and O–H groups in total. The number of rotatable bonds is 5. The standard InChI is InChI=1S/C19H24N4O2/c1-22(2)12-13-5-7-15(8-6-13)19(24)23-11-3-4-16(23)17-20-18(25-21-17)14-9-10-14/h5-8,14,16H,3-4,9-12H2,1-2H3. The molecule has 1 saturated heterocycles. The third-order valence-corrected chi connectivity index (χ3v) is 4.90. The second kappa shape index (κ2) is 6.59. The van der Waals surface area contributed by atoms with Gasteiger partial charge in [-0.1, -0.05) is 17.3 Å². The Morgan fingerprint density at radius 1 is 1.24 bits per heavy atom. The van der Waals surface area contributed by atoms with Crippen molar-refractivity contribution < 1.29 is 9.32 Å². The Labute approximate surface area is 147 Å². The van der Waals surface area contributed by atoms with Crippen molar-refractivity contribution in [3.63, 3.8) is 0 Å². The molecule has 0 spiro atoms. The molecule has 1 aromatic heterocycles. The van der Waals surface area contributed by atoms with Crippen LogP contribution < -0.4 is 0 Å². The Hall–Kier alpha value is -2.21. The summed E-state index contributed by atoms with van der Waals surface area (Å²) in [5, 5.41) is 4.15. The predicted octanol–water partition coefficient (Wildman–Crippen LogP) is 2.99. The summed E-state index contributed by atoms with van der Waals surface area (Å²) in [6.45, 7) is 1.61. The maximum Gasteiger partial charge on any atom is 0.254 e. The average molecular weight is 340 g/mol. The molecule has 1 aliphatic heterocycles. The van der Waals surface area contributed by atoms with Crippen molar-refractivity contribution in [2.24, 2.45) is 0 Å². The van der Waals surface area contributed by atoms with Gasteiger partial charge in [0.25, 0.3) is 5.91 Å². The number of benzene rings is 1. The van der Waals surface area contributed by atoms with Gasteiger partial charge in [0.1, 0.15) is 0 Å². The molecule has 1 aromatic carbocycles. The second-order valence-corrected chi connectivity index (χ2v) is 7.36. The molecular weight excluding hydrogens is 316 g/mol. The lowest BCUT2D eigenvalue weighted by molar-refractivity contribution is 0.0728. The van der Waals surface area contributed by atoms with E-state index in [1.54, 1.807) is 0 Å². The SMILES string of the molecule is CN(C)Cc1ccc(C(=O)N2CCCC2c2noc(C3CC3)n2)cc1. The van der Waals surface area contributed by atoms with Crippen molar-refractivity contribution in [2.45, 2.75) is 44.2 Å². The fourth-order valence-electron chi connectivity index (χ4n) is 3.44. The first kappa shape index (κ1) is 16.3. The van der Waals surface area contributed by atoms with Gasteiger partial charge in [0.05, 0.1) is 6.04 Å². The highest BCUT2D eigenvalue weighted by Crippen LogP contribution is 2.40. The smallest absolute Gasteiger partial charge is 0.254 e. The summed E-state index contributed by atoms with van der Waals surface area (Å²) in [5.41, 5.74) is 1.92. The lowest BCUT2D eigenvalue weighted by Gasteiger charge is -2.22. The number of carbonyl (C=O) groups is 1. The van der Waals surface area contributed by atoms with Crippen LogP contribution in [0.4, 0.5) is 0 Å². The van der Waals surface area contributed by atoms with Gasteiger partial charge < -0.3 is 14.3 Å². The van der Waals surface area contributed by atoms with Crippen molar-refractivity contribution in [3.8, 4) is 0 Å². The summed E-state index contributed by atoms with van der Waals surface area (Å²) < 4.78 is 5.38. The zero-order valence-electron chi connectivity index (χ0n) is 14.8. The maximum absolute atomic E-state index is 12.9. The minimum atomic E-state index is -0.0646. The maximum atomic E-state index is 12.9. The number of carbonyl (C=O) groups excluding carboxylic acids is 1. The molecule has 1 amide bonds. The van der Waals surface area contributed by atoms with Gasteiger partial charge in [0, 0.05) is 24.6 Å². The number of hydrogen-bond acceptors (Lipinski definition) is 5. The zero-order chi connectivity index (χ0) is 17.4. The minimum absolute atomic E-state index is 0.0525. The van der Waals surface area contributed by atoms with Crippen LogP contribution in [0.1, 0.15) is 65.3 Å². The first-order valence-electron chi connectivity index (χ1n) is 9.00. The largest absolute Gasteiger partial charge is 0.339 e. The second-order valence-electron chi connectivity index (χ2n) is 7.36. The molecule has 4 rings (SSSR count). The highest BCUT2D eigenvalue weighted by Gasteiger charge is 2.36. The van der Waals surface area contributed by atoms with E-state index in [0.29, 0.717) is 11.7 Å². The van der Waals surface area contributed by atoms with Crippen LogP contribution in [-0.4, -0.2) is 46.5 Å². The van der Waals surface area contributed by atoms with Gasteiger partial charge in [0.15, 0.2) is 5.82 Å².